The Kier molecular flexibility index (Phi) is 4.48. The molecule has 26 heavy (non-hydrogen) atoms. The van der Waals surface area contributed by atoms with Gasteiger partial charge in [0.1, 0.15) is 6.61 Å². The first-order valence-corrected chi connectivity index (χ1v) is 8.58. The monoisotopic (exact) mass is 372 g/mol. The van der Waals surface area contributed by atoms with Crippen molar-refractivity contribution in [2.45, 2.75) is 20.0 Å². The summed E-state index contributed by atoms with van der Waals surface area (Å²) in [7, 11) is 0. The van der Waals surface area contributed by atoms with Crippen LogP contribution in [0, 0.1) is 6.92 Å². The molecule has 0 saturated carbocycles. The SMILES string of the molecule is Cc1noc(CN2CCOc3c(O)cc(-c4ccc(Cl)cn4)cc3C2)n1. The van der Waals surface area contributed by atoms with Gasteiger partial charge in [0.05, 0.1) is 17.3 Å². The minimum absolute atomic E-state index is 0.102. The molecular weight excluding hydrogens is 356 g/mol. The smallest absolute Gasteiger partial charge is 0.240 e. The molecule has 1 aromatic carbocycles. The molecular formula is C18H17ClN4O3. The number of benzene rings is 1. The Morgan fingerprint density at radius 2 is 2.19 bits per heavy atom. The molecule has 0 aliphatic carbocycles. The number of nitrogens with zero attached hydrogens (tertiary/aromatic N) is 4. The third-order valence-corrected chi connectivity index (χ3v) is 4.37. The largest absolute Gasteiger partial charge is 0.504 e. The van der Waals surface area contributed by atoms with Gasteiger partial charge in [-0.3, -0.25) is 9.88 Å². The average molecular weight is 373 g/mol. The number of aryl methyl sites for hydroxylation is 1. The molecule has 0 fully saturated rings. The number of ether oxygens (including phenoxy) is 1. The molecule has 0 spiro atoms. The Morgan fingerprint density at radius 3 is 2.92 bits per heavy atom. The van der Waals surface area contributed by atoms with Crippen molar-refractivity contribution in [2.75, 3.05) is 13.2 Å². The molecule has 1 aliphatic rings. The van der Waals surface area contributed by atoms with Gasteiger partial charge in [0, 0.05) is 30.4 Å². The zero-order chi connectivity index (χ0) is 18.1. The molecule has 0 bridgehead atoms. The van der Waals surface area contributed by atoms with Crippen molar-refractivity contribution < 1.29 is 14.4 Å². The standard InChI is InChI=1S/C18H17ClN4O3/c1-11-21-17(26-22-11)10-23-4-5-25-18-13(9-23)6-12(7-16(18)24)15-3-2-14(19)8-20-15/h2-3,6-8,24H,4-5,9-10H2,1H3. The summed E-state index contributed by atoms with van der Waals surface area (Å²) in [5, 5.41) is 14.8. The number of fused-ring (bicyclic) bond motifs is 1. The molecule has 1 aliphatic heterocycles. The number of aromatic nitrogens is 3. The van der Waals surface area contributed by atoms with Crippen molar-refractivity contribution in [3.05, 3.63) is 52.8 Å². The maximum atomic E-state index is 10.4. The van der Waals surface area contributed by atoms with Crippen molar-refractivity contribution in [2.24, 2.45) is 0 Å². The van der Waals surface area contributed by atoms with Gasteiger partial charge < -0.3 is 14.4 Å². The Morgan fingerprint density at radius 1 is 1.31 bits per heavy atom. The zero-order valence-electron chi connectivity index (χ0n) is 14.1. The van der Waals surface area contributed by atoms with Gasteiger partial charge in [-0.25, -0.2) is 0 Å². The van der Waals surface area contributed by atoms with Crippen LogP contribution in [0.5, 0.6) is 11.5 Å². The van der Waals surface area contributed by atoms with E-state index in [2.05, 4.69) is 20.0 Å². The quantitative estimate of drug-likeness (QED) is 0.755. The van der Waals surface area contributed by atoms with Gasteiger partial charge in [0.2, 0.25) is 5.89 Å². The Balaban J connectivity index is 1.64. The van der Waals surface area contributed by atoms with Crippen molar-refractivity contribution >= 4 is 11.6 Å². The number of hydrogen-bond donors (Lipinski definition) is 1. The maximum absolute atomic E-state index is 10.4. The molecule has 7 nitrogen and oxygen atoms in total. The summed E-state index contributed by atoms with van der Waals surface area (Å²) in [5.74, 6) is 1.78. The van der Waals surface area contributed by atoms with E-state index in [1.165, 1.54) is 0 Å². The summed E-state index contributed by atoms with van der Waals surface area (Å²) in [6.45, 7) is 4.05. The fraction of sp³-hybridized carbons (Fsp3) is 0.278. The van der Waals surface area contributed by atoms with E-state index < -0.39 is 0 Å². The Bertz CT molecular complexity index is 927. The van der Waals surface area contributed by atoms with Crippen LogP contribution in [0.25, 0.3) is 11.3 Å². The number of aromatic hydroxyl groups is 1. The first-order chi connectivity index (χ1) is 12.6. The zero-order valence-corrected chi connectivity index (χ0v) is 14.9. The molecule has 0 amide bonds. The number of rotatable bonds is 3. The Hall–Kier alpha value is -2.64. The molecule has 3 heterocycles. The van der Waals surface area contributed by atoms with E-state index in [0.717, 1.165) is 16.8 Å². The molecule has 0 radical (unpaired) electrons. The highest BCUT2D eigenvalue weighted by Gasteiger charge is 2.21. The van der Waals surface area contributed by atoms with Gasteiger partial charge in [-0.1, -0.05) is 16.8 Å². The van der Waals surface area contributed by atoms with E-state index in [1.807, 2.05) is 12.1 Å². The number of pyridine rings is 1. The predicted molar refractivity (Wildman–Crippen MR) is 95.0 cm³/mol. The molecule has 134 valence electrons. The van der Waals surface area contributed by atoms with E-state index in [9.17, 15) is 5.11 Å². The molecule has 2 aromatic heterocycles. The highest BCUT2D eigenvalue weighted by molar-refractivity contribution is 6.30. The van der Waals surface area contributed by atoms with Crippen molar-refractivity contribution in [1.82, 2.24) is 20.0 Å². The molecule has 0 saturated heterocycles. The second kappa shape index (κ2) is 6.93. The second-order valence-corrected chi connectivity index (χ2v) is 6.58. The van der Waals surface area contributed by atoms with Crippen LogP contribution in [0.1, 0.15) is 17.3 Å². The minimum atomic E-state index is 0.102. The normalized spacial score (nSPS) is 14.5. The summed E-state index contributed by atoms with van der Waals surface area (Å²) in [6, 6.07) is 7.22. The maximum Gasteiger partial charge on any atom is 0.240 e. The van der Waals surface area contributed by atoms with E-state index in [-0.39, 0.29) is 5.75 Å². The van der Waals surface area contributed by atoms with Crippen molar-refractivity contribution in [3.8, 4) is 22.8 Å². The third-order valence-electron chi connectivity index (χ3n) is 4.15. The average Bonchev–Trinajstić information content (AvgIpc) is 2.90. The van der Waals surface area contributed by atoms with Gasteiger partial charge in [0.15, 0.2) is 17.3 Å². The number of halogens is 1. The lowest BCUT2D eigenvalue weighted by atomic mass is 10.0. The summed E-state index contributed by atoms with van der Waals surface area (Å²) < 4.78 is 11.0. The predicted octanol–water partition coefficient (Wildman–Crippen LogP) is 3.19. The van der Waals surface area contributed by atoms with Gasteiger partial charge >= 0.3 is 0 Å². The van der Waals surface area contributed by atoms with E-state index in [1.54, 1.807) is 25.3 Å². The molecule has 0 unspecified atom stereocenters. The minimum Gasteiger partial charge on any atom is -0.504 e. The van der Waals surface area contributed by atoms with Crippen LogP contribution in [0.4, 0.5) is 0 Å². The molecule has 8 heteroatoms. The lowest BCUT2D eigenvalue weighted by molar-refractivity contribution is 0.195. The summed E-state index contributed by atoms with van der Waals surface area (Å²) in [4.78, 5) is 10.7. The van der Waals surface area contributed by atoms with Gasteiger partial charge in [0.25, 0.3) is 0 Å². The van der Waals surface area contributed by atoms with Crippen LogP contribution in [-0.4, -0.2) is 38.3 Å². The van der Waals surface area contributed by atoms with Crippen LogP contribution < -0.4 is 4.74 Å². The van der Waals surface area contributed by atoms with Crippen LogP contribution >= 0.6 is 11.6 Å². The molecule has 4 rings (SSSR count). The van der Waals surface area contributed by atoms with Crippen molar-refractivity contribution in [1.29, 1.82) is 0 Å². The second-order valence-electron chi connectivity index (χ2n) is 6.14. The van der Waals surface area contributed by atoms with Gasteiger partial charge in [-0.2, -0.15) is 4.98 Å². The third kappa shape index (κ3) is 3.49. The molecule has 1 N–H and O–H groups in total. The molecule has 0 atom stereocenters. The topological polar surface area (TPSA) is 84.5 Å². The van der Waals surface area contributed by atoms with Gasteiger partial charge in [-0.05, 0) is 31.2 Å². The van der Waals surface area contributed by atoms with Crippen LogP contribution in [0.15, 0.2) is 35.0 Å². The highest BCUT2D eigenvalue weighted by atomic mass is 35.5. The molecule has 3 aromatic rings. The van der Waals surface area contributed by atoms with E-state index in [4.69, 9.17) is 20.9 Å². The van der Waals surface area contributed by atoms with E-state index >= 15 is 0 Å². The lowest BCUT2D eigenvalue weighted by Gasteiger charge is -2.17. The Labute approximate surface area is 155 Å². The van der Waals surface area contributed by atoms with Crippen LogP contribution in [0.2, 0.25) is 5.02 Å². The van der Waals surface area contributed by atoms with E-state index in [0.29, 0.717) is 48.7 Å². The summed E-state index contributed by atoms with van der Waals surface area (Å²) in [5.41, 5.74) is 2.42. The van der Waals surface area contributed by atoms with Crippen LogP contribution in [0.3, 0.4) is 0 Å². The van der Waals surface area contributed by atoms with Crippen LogP contribution in [-0.2, 0) is 13.1 Å². The first-order valence-electron chi connectivity index (χ1n) is 8.20. The first kappa shape index (κ1) is 16.8. The number of phenols is 1. The lowest BCUT2D eigenvalue weighted by Crippen LogP contribution is -2.25. The summed E-state index contributed by atoms with van der Waals surface area (Å²) in [6.07, 6.45) is 1.58. The number of phenolic OH excluding ortho intramolecular Hbond substituents is 1. The highest BCUT2D eigenvalue weighted by Crippen LogP contribution is 2.37. The van der Waals surface area contributed by atoms with Crippen molar-refractivity contribution in [3.63, 3.8) is 0 Å². The fourth-order valence-corrected chi connectivity index (χ4v) is 3.09. The summed E-state index contributed by atoms with van der Waals surface area (Å²) >= 11 is 5.91. The fourth-order valence-electron chi connectivity index (χ4n) is 2.98. The number of hydrogen-bond acceptors (Lipinski definition) is 7. The van der Waals surface area contributed by atoms with Gasteiger partial charge in [-0.15, -0.1) is 0 Å².